The van der Waals surface area contributed by atoms with Crippen molar-refractivity contribution in [3.8, 4) is 10.4 Å². The predicted octanol–water partition coefficient (Wildman–Crippen LogP) is 6.02. The molecule has 2 unspecified atom stereocenters. The van der Waals surface area contributed by atoms with E-state index in [4.69, 9.17) is 0 Å². The fourth-order valence-corrected chi connectivity index (χ4v) is 5.21. The van der Waals surface area contributed by atoms with Crippen LogP contribution in [0.3, 0.4) is 0 Å². The van der Waals surface area contributed by atoms with Gasteiger partial charge in [0, 0.05) is 19.3 Å². The first-order chi connectivity index (χ1) is 16.1. The second-order valence-electron chi connectivity index (χ2n) is 8.38. The second kappa shape index (κ2) is 9.69. The van der Waals surface area contributed by atoms with Crippen molar-refractivity contribution in [3.63, 3.8) is 0 Å². The van der Waals surface area contributed by atoms with Crippen molar-refractivity contribution in [1.82, 2.24) is 14.9 Å². The van der Waals surface area contributed by atoms with Crippen molar-refractivity contribution >= 4 is 23.1 Å². The first kappa shape index (κ1) is 24.1. The summed E-state index contributed by atoms with van der Waals surface area (Å²) in [6.07, 6.45) is -1.59. The Morgan fingerprint density at radius 2 is 1.97 bits per heavy atom. The molecule has 0 saturated carbocycles. The zero-order valence-electron chi connectivity index (χ0n) is 18.7. The zero-order chi connectivity index (χ0) is 24.5. The monoisotopic (exact) mass is 492 g/mol. The van der Waals surface area contributed by atoms with E-state index in [0.29, 0.717) is 22.0 Å². The molecule has 1 aromatic carbocycles. The molecule has 2 atom stereocenters. The lowest BCUT2D eigenvalue weighted by Crippen LogP contribution is -2.51. The topological polar surface area (TPSA) is 58.1 Å². The van der Waals surface area contributed by atoms with Crippen molar-refractivity contribution in [2.75, 3.05) is 18.4 Å². The Balaban J connectivity index is 1.60. The number of halogens is 4. The molecule has 1 aliphatic heterocycles. The minimum atomic E-state index is -4.54. The van der Waals surface area contributed by atoms with Gasteiger partial charge in [-0.25, -0.2) is 14.4 Å². The Kier molecular flexibility index (Phi) is 6.88. The third-order valence-electron chi connectivity index (χ3n) is 6.01. The van der Waals surface area contributed by atoms with E-state index < -0.39 is 11.7 Å². The number of pyridine rings is 1. The summed E-state index contributed by atoms with van der Waals surface area (Å²) in [4.78, 5) is 24.3. The number of hydrogen-bond donors (Lipinski definition) is 1. The van der Waals surface area contributed by atoms with Crippen LogP contribution < -0.4 is 5.32 Å². The molecular formula is C24H24F4N4OS. The quantitative estimate of drug-likeness (QED) is 0.442. The standard InChI is InChI=1S/C24H24F4N4OS/c1-14-5-4-12-32(19(14)13-30-22-18(24(26,27)28)6-3-11-29-22)23(33)20-21(34-15(2)31-20)16-7-9-17(25)10-8-16/h3,6-11,14,19H,4-5,12-13H2,1-2H3,(H,29,30). The number of carbonyl (C=O) groups is 1. The number of benzene rings is 1. The van der Waals surface area contributed by atoms with Crippen molar-refractivity contribution in [2.45, 2.75) is 38.9 Å². The number of aryl methyl sites for hydroxylation is 1. The first-order valence-corrected chi connectivity index (χ1v) is 11.8. The lowest BCUT2D eigenvalue weighted by Gasteiger charge is -2.40. The Labute approximate surface area is 198 Å². The average Bonchev–Trinajstić information content (AvgIpc) is 3.19. The summed E-state index contributed by atoms with van der Waals surface area (Å²) in [5.41, 5.74) is 0.130. The molecule has 180 valence electrons. The summed E-state index contributed by atoms with van der Waals surface area (Å²) in [5.74, 6) is -0.838. The Morgan fingerprint density at radius 1 is 1.24 bits per heavy atom. The molecule has 1 aliphatic rings. The molecule has 4 rings (SSSR count). The molecule has 34 heavy (non-hydrogen) atoms. The molecule has 0 bridgehead atoms. The maximum atomic E-state index is 13.6. The Morgan fingerprint density at radius 3 is 2.68 bits per heavy atom. The van der Waals surface area contributed by atoms with Crippen molar-refractivity contribution in [2.24, 2.45) is 5.92 Å². The molecule has 1 fully saturated rings. The number of hydrogen-bond acceptors (Lipinski definition) is 5. The number of nitrogens with one attached hydrogen (secondary N) is 1. The summed E-state index contributed by atoms with van der Waals surface area (Å²) in [6, 6.07) is 7.77. The number of thiazole rings is 1. The van der Waals surface area contributed by atoms with Gasteiger partial charge in [0.1, 0.15) is 17.3 Å². The van der Waals surface area contributed by atoms with Gasteiger partial charge < -0.3 is 10.2 Å². The lowest BCUT2D eigenvalue weighted by molar-refractivity contribution is -0.137. The lowest BCUT2D eigenvalue weighted by atomic mass is 9.90. The van der Waals surface area contributed by atoms with E-state index in [1.54, 1.807) is 24.0 Å². The van der Waals surface area contributed by atoms with Crippen LogP contribution in [0.15, 0.2) is 42.6 Å². The summed E-state index contributed by atoms with van der Waals surface area (Å²) >= 11 is 1.35. The zero-order valence-corrected chi connectivity index (χ0v) is 19.5. The number of aromatic nitrogens is 2. The fraction of sp³-hybridized carbons (Fsp3) is 0.375. The summed E-state index contributed by atoms with van der Waals surface area (Å²) in [6.45, 7) is 4.39. The van der Waals surface area contributed by atoms with E-state index in [-0.39, 0.29) is 41.7 Å². The molecule has 0 spiro atoms. The van der Waals surface area contributed by atoms with Crippen LogP contribution in [-0.2, 0) is 6.18 Å². The molecule has 10 heteroatoms. The van der Waals surface area contributed by atoms with Gasteiger partial charge in [-0.2, -0.15) is 13.2 Å². The minimum absolute atomic E-state index is 0.0669. The number of nitrogens with zero attached hydrogens (tertiary/aromatic N) is 3. The highest BCUT2D eigenvalue weighted by atomic mass is 32.1. The molecule has 0 radical (unpaired) electrons. The number of anilines is 1. The highest BCUT2D eigenvalue weighted by molar-refractivity contribution is 7.15. The Bertz CT molecular complexity index is 1160. The van der Waals surface area contributed by atoms with Crippen molar-refractivity contribution < 1.29 is 22.4 Å². The van der Waals surface area contributed by atoms with Gasteiger partial charge in [-0.1, -0.05) is 19.1 Å². The van der Waals surface area contributed by atoms with Gasteiger partial charge in [-0.3, -0.25) is 4.79 Å². The number of piperidine rings is 1. The number of amides is 1. The van der Waals surface area contributed by atoms with Crippen molar-refractivity contribution in [1.29, 1.82) is 0 Å². The first-order valence-electron chi connectivity index (χ1n) is 11.0. The fourth-order valence-electron chi connectivity index (χ4n) is 4.29. The van der Waals surface area contributed by atoms with Crippen LogP contribution in [0, 0.1) is 18.7 Å². The maximum Gasteiger partial charge on any atom is 0.419 e. The van der Waals surface area contributed by atoms with Crippen LogP contribution in [0.5, 0.6) is 0 Å². The van der Waals surface area contributed by atoms with E-state index in [2.05, 4.69) is 15.3 Å². The highest BCUT2D eigenvalue weighted by Gasteiger charge is 2.37. The van der Waals surface area contributed by atoms with E-state index in [9.17, 15) is 22.4 Å². The Hall–Kier alpha value is -3.01. The van der Waals surface area contributed by atoms with Gasteiger partial charge >= 0.3 is 6.18 Å². The molecule has 1 amide bonds. The summed E-state index contributed by atoms with van der Waals surface area (Å²) < 4.78 is 53.5. The van der Waals surface area contributed by atoms with E-state index in [0.717, 1.165) is 18.9 Å². The highest BCUT2D eigenvalue weighted by Crippen LogP contribution is 2.35. The maximum absolute atomic E-state index is 13.6. The molecule has 0 aliphatic carbocycles. The van der Waals surface area contributed by atoms with Gasteiger partial charge in [-0.05, 0) is 55.5 Å². The normalized spacial score (nSPS) is 18.7. The second-order valence-corrected chi connectivity index (χ2v) is 9.58. The van der Waals surface area contributed by atoms with Crippen LogP contribution in [0.4, 0.5) is 23.4 Å². The number of alkyl halides is 3. The van der Waals surface area contributed by atoms with Crippen LogP contribution in [0.2, 0.25) is 0 Å². The molecular weight excluding hydrogens is 468 g/mol. The smallest absolute Gasteiger partial charge is 0.367 e. The van der Waals surface area contributed by atoms with Gasteiger partial charge in [0.05, 0.1) is 21.5 Å². The number of rotatable bonds is 5. The largest absolute Gasteiger partial charge is 0.419 e. The average molecular weight is 493 g/mol. The summed E-state index contributed by atoms with van der Waals surface area (Å²) in [5, 5.41) is 3.53. The van der Waals surface area contributed by atoms with Crippen LogP contribution in [0.25, 0.3) is 10.4 Å². The van der Waals surface area contributed by atoms with E-state index in [1.807, 2.05) is 6.92 Å². The minimum Gasteiger partial charge on any atom is -0.367 e. The predicted molar refractivity (Wildman–Crippen MR) is 123 cm³/mol. The third-order valence-corrected chi connectivity index (χ3v) is 7.03. The molecule has 1 saturated heterocycles. The molecule has 3 heterocycles. The van der Waals surface area contributed by atoms with E-state index in [1.165, 1.54) is 35.7 Å². The molecule has 5 nitrogen and oxygen atoms in total. The van der Waals surface area contributed by atoms with Crippen molar-refractivity contribution in [3.05, 3.63) is 64.7 Å². The van der Waals surface area contributed by atoms with Gasteiger partial charge in [-0.15, -0.1) is 11.3 Å². The van der Waals surface area contributed by atoms with E-state index >= 15 is 0 Å². The van der Waals surface area contributed by atoms with Gasteiger partial charge in [0.2, 0.25) is 0 Å². The molecule has 1 N–H and O–H groups in total. The van der Waals surface area contributed by atoms with Gasteiger partial charge in [0.15, 0.2) is 0 Å². The summed E-state index contributed by atoms with van der Waals surface area (Å²) in [7, 11) is 0. The SMILES string of the molecule is Cc1nc(C(=O)N2CCCC(C)C2CNc2ncccc2C(F)(F)F)c(-c2ccc(F)cc2)s1. The van der Waals surface area contributed by atoms with Crippen LogP contribution in [0.1, 0.15) is 40.8 Å². The van der Waals surface area contributed by atoms with Gasteiger partial charge in [0.25, 0.3) is 5.91 Å². The number of likely N-dealkylation sites (tertiary alicyclic amines) is 1. The molecule has 2 aromatic heterocycles. The van der Waals surface area contributed by atoms with Crippen LogP contribution in [-0.4, -0.2) is 39.9 Å². The number of carbonyl (C=O) groups excluding carboxylic acids is 1. The van der Waals surface area contributed by atoms with Crippen LogP contribution >= 0.6 is 11.3 Å². The third kappa shape index (κ3) is 5.06. The molecule has 3 aromatic rings.